The van der Waals surface area contributed by atoms with Crippen LogP contribution in [0.2, 0.25) is 0 Å². The Morgan fingerprint density at radius 1 is 0.346 bits per heavy atom. The third kappa shape index (κ3) is 5.40. The Kier molecular flexibility index (Phi) is 7.15. The molecule has 9 aromatic rings. The third-order valence-corrected chi connectivity index (χ3v) is 9.20. The molecule has 0 aliphatic rings. The summed E-state index contributed by atoms with van der Waals surface area (Å²) in [4.78, 5) is 42.5. The lowest BCUT2D eigenvalue weighted by Crippen LogP contribution is -1.95. The van der Waals surface area contributed by atoms with Crippen LogP contribution >= 0.6 is 0 Å². The fourth-order valence-corrected chi connectivity index (χ4v) is 6.55. The van der Waals surface area contributed by atoms with E-state index in [4.69, 9.17) is 19.9 Å². The Labute approximate surface area is 295 Å². The van der Waals surface area contributed by atoms with Crippen molar-refractivity contribution in [3.05, 3.63) is 166 Å². The maximum absolute atomic E-state index is 12.3. The second-order valence-electron chi connectivity index (χ2n) is 12.4. The molecule has 9 rings (SSSR count). The molecule has 0 aliphatic carbocycles. The molecule has 52 heavy (non-hydrogen) atoms. The summed E-state index contributed by atoms with van der Waals surface area (Å²) >= 11 is 0. The van der Waals surface area contributed by atoms with Crippen molar-refractivity contribution < 1.29 is 9.85 Å². The molecule has 0 radical (unpaired) electrons. The molecular weight excluding hydrogens is 653 g/mol. The third-order valence-electron chi connectivity index (χ3n) is 9.20. The summed E-state index contributed by atoms with van der Waals surface area (Å²) < 4.78 is 0. The lowest BCUT2D eigenvalue weighted by Gasteiger charge is -2.10. The molecule has 0 saturated heterocycles. The van der Waals surface area contributed by atoms with Gasteiger partial charge in [-0.05, 0) is 42.5 Å². The summed E-state index contributed by atoms with van der Waals surface area (Å²) in [5, 5.41) is 27.0. The van der Waals surface area contributed by atoms with E-state index in [2.05, 4.69) is 0 Å². The maximum Gasteiger partial charge on any atom is 0.270 e. The van der Waals surface area contributed by atoms with Gasteiger partial charge in [0.25, 0.3) is 11.4 Å². The quantitative estimate of drug-likeness (QED) is 0.0963. The van der Waals surface area contributed by atoms with Gasteiger partial charge in [0.15, 0.2) is 0 Å². The van der Waals surface area contributed by atoms with Gasteiger partial charge in [-0.1, -0.05) is 78.9 Å². The monoisotopic (exact) mass is 676 g/mol. The van der Waals surface area contributed by atoms with E-state index in [0.29, 0.717) is 44.8 Å². The van der Waals surface area contributed by atoms with Gasteiger partial charge >= 0.3 is 0 Å². The van der Waals surface area contributed by atoms with Gasteiger partial charge in [0.1, 0.15) is 0 Å². The van der Waals surface area contributed by atoms with Crippen LogP contribution in [0, 0.1) is 20.2 Å². The maximum atomic E-state index is 12.3. The highest BCUT2D eigenvalue weighted by molar-refractivity contribution is 6.05. The zero-order valence-electron chi connectivity index (χ0n) is 27.2. The standard InChI is InChI=1S/C42H24N6O4/c49-47(50)33-16-10-26(11-17-33)36-19-13-28-7-9-30-15-21-38(46-42(30)40(28)44-36)32-22-31(23-34(24-32)48(51)52)37-20-14-29-8-6-27-12-18-35(25-4-2-1-3-5-25)43-39(27)41(29)45-37/h1-24H. The molecule has 0 saturated carbocycles. The van der Waals surface area contributed by atoms with E-state index in [1.165, 1.54) is 24.3 Å². The molecule has 0 amide bonds. The Morgan fingerprint density at radius 2 is 0.692 bits per heavy atom. The molecule has 0 N–H and O–H groups in total. The van der Waals surface area contributed by atoms with Crippen molar-refractivity contribution in [1.82, 2.24) is 19.9 Å². The summed E-state index contributed by atoms with van der Waals surface area (Å²) in [7, 11) is 0. The van der Waals surface area contributed by atoms with E-state index < -0.39 is 9.85 Å². The molecule has 0 bridgehead atoms. The molecule has 0 spiro atoms. The van der Waals surface area contributed by atoms with Gasteiger partial charge in [-0.15, -0.1) is 0 Å². The van der Waals surface area contributed by atoms with Crippen LogP contribution in [-0.2, 0) is 0 Å². The fourth-order valence-electron chi connectivity index (χ4n) is 6.55. The Balaban J connectivity index is 1.17. The number of rotatable bonds is 6. The zero-order valence-corrected chi connectivity index (χ0v) is 27.2. The zero-order chi connectivity index (χ0) is 35.3. The lowest BCUT2D eigenvalue weighted by atomic mass is 10.0. The lowest BCUT2D eigenvalue weighted by molar-refractivity contribution is -0.385. The van der Waals surface area contributed by atoms with E-state index in [1.54, 1.807) is 12.1 Å². The van der Waals surface area contributed by atoms with Gasteiger partial charge in [-0.25, -0.2) is 19.9 Å². The Morgan fingerprint density at radius 3 is 1.08 bits per heavy atom. The number of benzene rings is 5. The van der Waals surface area contributed by atoms with Crippen molar-refractivity contribution in [1.29, 1.82) is 0 Å². The number of fused-ring (bicyclic) bond motifs is 6. The van der Waals surface area contributed by atoms with Crippen molar-refractivity contribution in [2.75, 3.05) is 0 Å². The average molecular weight is 677 g/mol. The van der Waals surface area contributed by atoms with Gasteiger partial charge in [0, 0.05) is 68.1 Å². The SMILES string of the molecule is O=[N+]([O-])c1ccc(-c2ccc3ccc4ccc(-c5cc(-c6ccc7ccc8ccc(-c9ccccc9)nc8c7n6)cc([N+](=O)[O-])c5)nc4c3n2)cc1. The number of non-ortho nitro benzene ring substituents is 2. The van der Waals surface area contributed by atoms with Crippen LogP contribution in [0.15, 0.2) is 146 Å². The van der Waals surface area contributed by atoms with Gasteiger partial charge in [0.2, 0.25) is 0 Å². The van der Waals surface area contributed by atoms with Crippen molar-refractivity contribution in [2.45, 2.75) is 0 Å². The number of nitro groups is 2. The minimum atomic E-state index is -0.438. The summed E-state index contributed by atoms with van der Waals surface area (Å²) in [6.45, 7) is 0. The summed E-state index contributed by atoms with van der Waals surface area (Å²) in [6.07, 6.45) is 0. The van der Waals surface area contributed by atoms with E-state index in [9.17, 15) is 20.2 Å². The normalized spacial score (nSPS) is 11.4. The van der Waals surface area contributed by atoms with Gasteiger partial charge < -0.3 is 0 Å². The van der Waals surface area contributed by atoms with Crippen LogP contribution in [0.3, 0.4) is 0 Å². The summed E-state index contributed by atoms with van der Waals surface area (Å²) in [5.74, 6) is 0. The number of nitrogens with zero attached hydrogens (tertiary/aromatic N) is 6. The number of hydrogen-bond donors (Lipinski definition) is 0. The highest BCUT2D eigenvalue weighted by atomic mass is 16.6. The predicted octanol–water partition coefficient (Wildman–Crippen LogP) is 10.4. The van der Waals surface area contributed by atoms with Crippen LogP contribution < -0.4 is 0 Å². The van der Waals surface area contributed by atoms with Gasteiger partial charge in [0.05, 0.1) is 54.7 Å². The number of hydrogen-bond acceptors (Lipinski definition) is 8. The first-order valence-corrected chi connectivity index (χ1v) is 16.4. The topological polar surface area (TPSA) is 138 Å². The highest BCUT2D eigenvalue weighted by Crippen LogP contribution is 2.35. The second kappa shape index (κ2) is 12.1. The number of nitro benzene ring substituents is 2. The van der Waals surface area contributed by atoms with Crippen LogP contribution in [-0.4, -0.2) is 29.8 Å². The largest absolute Gasteiger partial charge is 0.270 e. The molecule has 0 unspecified atom stereocenters. The van der Waals surface area contributed by atoms with Gasteiger partial charge in [-0.2, -0.15) is 0 Å². The molecule has 10 nitrogen and oxygen atoms in total. The van der Waals surface area contributed by atoms with Gasteiger partial charge in [-0.3, -0.25) is 20.2 Å². The molecule has 0 fully saturated rings. The molecule has 5 aromatic carbocycles. The summed E-state index contributed by atoms with van der Waals surface area (Å²) in [5.41, 5.74) is 8.05. The average Bonchev–Trinajstić information content (AvgIpc) is 3.20. The molecule has 246 valence electrons. The van der Waals surface area contributed by atoms with Crippen molar-refractivity contribution in [2.24, 2.45) is 0 Å². The van der Waals surface area contributed by atoms with E-state index in [1.807, 2.05) is 109 Å². The van der Waals surface area contributed by atoms with E-state index >= 15 is 0 Å². The Hall–Kier alpha value is -7.46. The first-order chi connectivity index (χ1) is 25.4. The van der Waals surface area contributed by atoms with Crippen LogP contribution in [0.5, 0.6) is 0 Å². The molecular formula is C42H24N6O4. The van der Waals surface area contributed by atoms with Crippen LogP contribution in [0.1, 0.15) is 0 Å². The van der Waals surface area contributed by atoms with Crippen molar-refractivity contribution in [3.63, 3.8) is 0 Å². The first kappa shape index (κ1) is 30.6. The Bertz CT molecular complexity index is 2910. The highest BCUT2D eigenvalue weighted by Gasteiger charge is 2.17. The van der Waals surface area contributed by atoms with E-state index in [0.717, 1.165) is 43.9 Å². The van der Waals surface area contributed by atoms with Crippen molar-refractivity contribution >= 4 is 55.0 Å². The molecule has 4 aromatic heterocycles. The molecule has 0 aliphatic heterocycles. The minimum Gasteiger partial charge on any atom is -0.258 e. The fraction of sp³-hybridized carbons (Fsp3) is 0. The minimum absolute atomic E-state index is 0.00118. The summed E-state index contributed by atoms with van der Waals surface area (Å²) in [6, 6.07) is 44.4. The number of aromatic nitrogens is 4. The van der Waals surface area contributed by atoms with Crippen LogP contribution in [0.25, 0.3) is 88.6 Å². The smallest absolute Gasteiger partial charge is 0.258 e. The first-order valence-electron chi connectivity index (χ1n) is 16.4. The van der Waals surface area contributed by atoms with Crippen LogP contribution in [0.4, 0.5) is 11.4 Å². The molecule has 10 heteroatoms. The second-order valence-corrected chi connectivity index (χ2v) is 12.4. The molecule has 0 atom stereocenters. The van der Waals surface area contributed by atoms with Crippen molar-refractivity contribution in [3.8, 4) is 45.0 Å². The molecule has 4 heterocycles. The predicted molar refractivity (Wildman–Crippen MR) is 203 cm³/mol. The number of pyridine rings is 4. The van der Waals surface area contributed by atoms with E-state index in [-0.39, 0.29) is 11.4 Å².